The van der Waals surface area contributed by atoms with E-state index in [2.05, 4.69) is 5.32 Å². The van der Waals surface area contributed by atoms with E-state index in [-0.39, 0.29) is 39.3 Å². The molecule has 3 aromatic rings. The Kier molecular flexibility index (Phi) is 9.76. The fourth-order valence-corrected chi connectivity index (χ4v) is 5.57. The van der Waals surface area contributed by atoms with Crippen LogP contribution in [-0.4, -0.2) is 46.7 Å². The summed E-state index contributed by atoms with van der Waals surface area (Å²) in [7, 11) is -3.05. The molecule has 0 bridgehead atoms. The molecule has 39 heavy (non-hydrogen) atoms. The molecule has 0 aromatic heterocycles. The molecule has 0 fully saturated rings. The number of carbonyl (C=O) groups is 2. The van der Waals surface area contributed by atoms with Crippen molar-refractivity contribution in [2.75, 3.05) is 29.9 Å². The maximum Gasteiger partial charge on any atom is 0.349 e. The minimum absolute atomic E-state index is 0.0225. The SMILES string of the molecule is CC.CCOC(=O)C1CN(S(=O)(=O)c2cc(Cl)ccc2OC)c2cc(C(=O)Nc3ccc(F)cc3)ccc2O1. The number of ether oxygens (including phenoxy) is 3. The van der Waals surface area contributed by atoms with E-state index in [9.17, 15) is 22.4 Å². The smallest absolute Gasteiger partial charge is 0.349 e. The van der Waals surface area contributed by atoms with Gasteiger partial charge in [-0.1, -0.05) is 25.4 Å². The van der Waals surface area contributed by atoms with E-state index in [0.29, 0.717) is 5.69 Å². The van der Waals surface area contributed by atoms with Crippen LogP contribution in [0.25, 0.3) is 0 Å². The van der Waals surface area contributed by atoms with Gasteiger partial charge in [-0.3, -0.25) is 9.10 Å². The number of nitrogens with one attached hydrogen (secondary N) is 1. The van der Waals surface area contributed by atoms with Crippen LogP contribution in [0.5, 0.6) is 11.5 Å². The van der Waals surface area contributed by atoms with Crippen LogP contribution in [0.4, 0.5) is 15.8 Å². The molecule has 0 saturated carbocycles. The molecule has 1 aliphatic rings. The molecule has 4 rings (SSSR count). The lowest BCUT2D eigenvalue weighted by Gasteiger charge is -2.34. The molecule has 0 saturated heterocycles. The van der Waals surface area contributed by atoms with Gasteiger partial charge < -0.3 is 19.5 Å². The monoisotopic (exact) mass is 578 g/mol. The first kappa shape index (κ1) is 29.7. The van der Waals surface area contributed by atoms with Crippen molar-refractivity contribution in [3.63, 3.8) is 0 Å². The van der Waals surface area contributed by atoms with E-state index in [0.717, 1.165) is 4.31 Å². The Morgan fingerprint density at radius 3 is 2.44 bits per heavy atom. The fourth-order valence-electron chi connectivity index (χ4n) is 3.69. The van der Waals surface area contributed by atoms with Crippen molar-refractivity contribution in [1.82, 2.24) is 0 Å². The molecule has 208 valence electrons. The number of sulfonamides is 1. The topological polar surface area (TPSA) is 111 Å². The average molecular weight is 579 g/mol. The zero-order valence-corrected chi connectivity index (χ0v) is 23.3. The van der Waals surface area contributed by atoms with Crippen molar-refractivity contribution in [3.8, 4) is 11.5 Å². The molecule has 12 heteroatoms. The summed E-state index contributed by atoms with van der Waals surface area (Å²) in [5, 5.41) is 2.78. The third-order valence-corrected chi connectivity index (χ3v) is 7.47. The van der Waals surface area contributed by atoms with Crippen molar-refractivity contribution in [1.29, 1.82) is 0 Å². The maximum atomic E-state index is 13.9. The number of fused-ring (bicyclic) bond motifs is 1. The van der Waals surface area contributed by atoms with Crippen LogP contribution in [0.3, 0.4) is 0 Å². The maximum absolute atomic E-state index is 13.9. The molecule has 3 aromatic carbocycles. The Balaban J connectivity index is 0.00000205. The molecule has 1 N–H and O–H groups in total. The van der Waals surface area contributed by atoms with Crippen LogP contribution >= 0.6 is 11.6 Å². The van der Waals surface area contributed by atoms with Crippen molar-refractivity contribution in [3.05, 3.63) is 77.1 Å². The summed E-state index contributed by atoms with van der Waals surface area (Å²) in [4.78, 5) is 25.1. The zero-order valence-electron chi connectivity index (χ0n) is 21.7. The highest BCUT2D eigenvalue weighted by atomic mass is 35.5. The second-order valence-electron chi connectivity index (χ2n) is 7.83. The average Bonchev–Trinajstić information content (AvgIpc) is 2.94. The van der Waals surface area contributed by atoms with Crippen molar-refractivity contribution in [2.24, 2.45) is 0 Å². The lowest BCUT2D eigenvalue weighted by Crippen LogP contribution is -2.47. The minimum Gasteiger partial charge on any atom is -0.495 e. The van der Waals surface area contributed by atoms with E-state index in [1.165, 1.54) is 67.8 Å². The van der Waals surface area contributed by atoms with E-state index in [1.807, 2.05) is 13.8 Å². The molecule has 1 unspecified atom stereocenters. The number of methoxy groups -OCH3 is 1. The predicted octanol–water partition coefficient (Wildman–Crippen LogP) is 5.29. The predicted molar refractivity (Wildman–Crippen MR) is 146 cm³/mol. The van der Waals surface area contributed by atoms with Gasteiger partial charge in [0, 0.05) is 16.3 Å². The fraction of sp³-hybridized carbons (Fsp3) is 0.259. The summed E-state index contributed by atoms with van der Waals surface area (Å²) in [6.07, 6.45) is -1.26. The molecule has 0 spiro atoms. The number of carbonyl (C=O) groups excluding carboxylic acids is 2. The van der Waals surface area contributed by atoms with Gasteiger partial charge >= 0.3 is 5.97 Å². The molecule has 1 aliphatic heterocycles. The lowest BCUT2D eigenvalue weighted by molar-refractivity contribution is -0.151. The number of anilines is 2. The van der Waals surface area contributed by atoms with Crippen LogP contribution in [0, 0.1) is 5.82 Å². The van der Waals surface area contributed by atoms with Crippen LogP contribution in [-0.2, 0) is 19.6 Å². The largest absolute Gasteiger partial charge is 0.495 e. The number of nitrogens with zero attached hydrogens (tertiary/aromatic N) is 1. The van der Waals surface area contributed by atoms with Crippen LogP contribution in [0.2, 0.25) is 5.02 Å². The molecule has 1 heterocycles. The van der Waals surface area contributed by atoms with Gasteiger partial charge in [0.2, 0.25) is 6.10 Å². The summed E-state index contributed by atoms with van der Waals surface area (Å²) in [6, 6.07) is 13.4. The Morgan fingerprint density at radius 1 is 1.10 bits per heavy atom. The molecule has 9 nitrogen and oxygen atoms in total. The quantitative estimate of drug-likeness (QED) is 0.379. The summed E-state index contributed by atoms with van der Waals surface area (Å²) in [5.41, 5.74) is 0.463. The Hall–Kier alpha value is -3.83. The van der Waals surface area contributed by atoms with Gasteiger partial charge in [-0.05, 0) is 67.6 Å². The highest BCUT2D eigenvalue weighted by molar-refractivity contribution is 7.93. The van der Waals surface area contributed by atoms with Crippen molar-refractivity contribution >= 4 is 44.9 Å². The first-order chi connectivity index (χ1) is 18.6. The second-order valence-corrected chi connectivity index (χ2v) is 10.1. The van der Waals surface area contributed by atoms with Gasteiger partial charge in [0.1, 0.15) is 22.2 Å². The number of esters is 1. The van der Waals surface area contributed by atoms with E-state index < -0.39 is 40.4 Å². The number of hydrogen-bond acceptors (Lipinski definition) is 7. The highest BCUT2D eigenvalue weighted by Gasteiger charge is 2.40. The van der Waals surface area contributed by atoms with Gasteiger partial charge in [0.05, 0.1) is 25.9 Å². The van der Waals surface area contributed by atoms with Gasteiger partial charge in [0.25, 0.3) is 15.9 Å². The van der Waals surface area contributed by atoms with Gasteiger partial charge in [-0.25, -0.2) is 17.6 Å². The Morgan fingerprint density at radius 2 is 1.79 bits per heavy atom. The Labute approximate surface area is 231 Å². The molecule has 1 amide bonds. The molecular weight excluding hydrogens is 551 g/mol. The third-order valence-electron chi connectivity index (χ3n) is 5.44. The molecular formula is C27H28ClFN2O7S. The second kappa shape index (κ2) is 12.8. The van der Waals surface area contributed by atoms with Crippen molar-refractivity contribution in [2.45, 2.75) is 31.8 Å². The van der Waals surface area contributed by atoms with Gasteiger partial charge in [0.15, 0.2) is 0 Å². The summed E-state index contributed by atoms with van der Waals surface area (Å²) in [5.74, 6) is -1.69. The number of benzene rings is 3. The number of hydrogen-bond donors (Lipinski definition) is 1. The summed E-state index contributed by atoms with van der Waals surface area (Å²) >= 11 is 6.08. The molecule has 0 radical (unpaired) electrons. The van der Waals surface area contributed by atoms with Gasteiger partial charge in [-0.2, -0.15) is 0 Å². The highest BCUT2D eigenvalue weighted by Crippen LogP contribution is 2.40. The van der Waals surface area contributed by atoms with Crippen LogP contribution < -0.4 is 19.1 Å². The standard InChI is InChI=1S/C25H22ClFN2O7S.C2H6/c1-3-35-25(31)22-14-29(37(32,33)23-13-16(26)5-11-21(23)34-2)19-12-15(4-10-20(19)36-22)24(30)28-18-8-6-17(27)7-9-18;1-2/h4-13,22H,3,14H2,1-2H3,(H,28,30);1-2H3. The summed E-state index contributed by atoms with van der Waals surface area (Å²) < 4.78 is 57.9. The first-order valence-electron chi connectivity index (χ1n) is 12.0. The van der Waals surface area contributed by atoms with Crippen LogP contribution in [0.15, 0.2) is 65.6 Å². The van der Waals surface area contributed by atoms with E-state index in [1.54, 1.807) is 6.92 Å². The normalized spacial score (nSPS) is 14.2. The van der Waals surface area contributed by atoms with Gasteiger partial charge in [-0.15, -0.1) is 0 Å². The molecule has 0 aliphatic carbocycles. The first-order valence-corrected chi connectivity index (χ1v) is 13.9. The van der Waals surface area contributed by atoms with Crippen molar-refractivity contribution < 1.29 is 36.6 Å². The summed E-state index contributed by atoms with van der Waals surface area (Å²) in [6.45, 7) is 5.27. The number of rotatable bonds is 7. The Bertz CT molecular complexity index is 1450. The lowest BCUT2D eigenvalue weighted by atomic mass is 10.1. The third kappa shape index (κ3) is 6.61. The number of halogens is 2. The number of amides is 1. The zero-order chi connectivity index (χ0) is 28.7. The van der Waals surface area contributed by atoms with E-state index >= 15 is 0 Å². The minimum atomic E-state index is -4.37. The molecule has 1 atom stereocenters. The van der Waals surface area contributed by atoms with Crippen LogP contribution in [0.1, 0.15) is 31.1 Å². The van der Waals surface area contributed by atoms with E-state index in [4.69, 9.17) is 25.8 Å².